The summed E-state index contributed by atoms with van der Waals surface area (Å²) in [6.07, 6.45) is 3.86. The van der Waals surface area contributed by atoms with Crippen molar-refractivity contribution in [2.75, 3.05) is 7.11 Å². The highest BCUT2D eigenvalue weighted by molar-refractivity contribution is 5.40. The van der Waals surface area contributed by atoms with E-state index in [-0.39, 0.29) is 0 Å². The van der Waals surface area contributed by atoms with E-state index < -0.39 is 0 Å². The average molecular weight is 218 g/mol. The first kappa shape index (κ1) is 11.5. The van der Waals surface area contributed by atoms with E-state index in [4.69, 9.17) is 4.74 Å². The molecule has 1 atom stereocenters. The Morgan fingerprint density at radius 2 is 2.00 bits per heavy atom. The van der Waals surface area contributed by atoms with Crippen LogP contribution in [0.2, 0.25) is 0 Å². The molecule has 1 aliphatic rings. The zero-order valence-corrected chi connectivity index (χ0v) is 10.8. The van der Waals surface area contributed by atoms with Crippen LogP contribution in [0.15, 0.2) is 18.2 Å². The molecule has 1 unspecified atom stereocenters. The van der Waals surface area contributed by atoms with E-state index in [9.17, 15) is 0 Å². The van der Waals surface area contributed by atoms with Crippen molar-refractivity contribution >= 4 is 0 Å². The van der Waals surface area contributed by atoms with Gasteiger partial charge in [-0.1, -0.05) is 26.8 Å². The Labute approximate surface area is 98.8 Å². The molecule has 0 saturated heterocycles. The Morgan fingerprint density at radius 1 is 1.25 bits per heavy atom. The fourth-order valence-electron chi connectivity index (χ4n) is 2.80. The molecular formula is C15H22O. The first-order valence-corrected chi connectivity index (χ1v) is 6.19. The van der Waals surface area contributed by atoms with Gasteiger partial charge in [0, 0.05) is 0 Å². The summed E-state index contributed by atoms with van der Waals surface area (Å²) in [6.45, 7) is 7.02. The first-order chi connectivity index (χ1) is 7.52. The summed E-state index contributed by atoms with van der Waals surface area (Å²) < 4.78 is 5.34. The number of rotatable bonds is 1. The van der Waals surface area contributed by atoms with Gasteiger partial charge in [-0.15, -0.1) is 0 Å². The SMILES string of the molecule is COc1ccc2c(c1)C(C(C)(C)C)CCC2. The van der Waals surface area contributed by atoms with Crippen LogP contribution in [0, 0.1) is 5.41 Å². The van der Waals surface area contributed by atoms with Crippen molar-refractivity contribution in [1.29, 1.82) is 0 Å². The third kappa shape index (κ3) is 2.09. The van der Waals surface area contributed by atoms with Gasteiger partial charge in [-0.2, -0.15) is 0 Å². The molecule has 88 valence electrons. The number of aryl methyl sites for hydroxylation is 1. The molecule has 0 fully saturated rings. The highest BCUT2D eigenvalue weighted by Gasteiger charge is 2.30. The molecule has 0 aliphatic heterocycles. The Morgan fingerprint density at radius 3 is 2.62 bits per heavy atom. The number of methoxy groups -OCH3 is 1. The maximum absolute atomic E-state index is 5.34. The van der Waals surface area contributed by atoms with Gasteiger partial charge < -0.3 is 4.74 Å². The molecule has 0 saturated carbocycles. The third-order valence-corrected chi connectivity index (χ3v) is 3.71. The van der Waals surface area contributed by atoms with Gasteiger partial charge in [-0.05, 0) is 53.9 Å². The lowest BCUT2D eigenvalue weighted by Gasteiger charge is -2.36. The van der Waals surface area contributed by atoms with Crippen molar-refractivity contribution in [3.05, 3.63) is 29.3 Å². The van der Waals surface area contributed by atoms with Crippen molar-refractivity contribution < 1.29 is 4.74 Å². The average Bonchev–Trinajstić information content (AvgIpc) is 2.26. The molecule has 0 radical (unpaired) electrons. The van der Waals surface area contributed by atoms with Gasteiger partial charge in [0.15, 0.2) is 0 Å². The molecule has 0 spiro atoms. The number of fused-ring (bicyclic) bond motifs is 1. The monoisotopic (exact) mass is 218 g/mol. The number of hydrogen-bond acceptors (Lipinski definition) is 1. The highest BCUT2D eigenvalue weighted by atomic mass is 16.5. The molecule has 1 aliphatic carbocycles. The molecule has 1 nitrogen and oxygen atoms in total. The van der Waals surface area contributed by atoms with Gasteiger partial charge in [0.25, 0.3) is 0 Å². The van der Waals surface area contributed by atoms with Gasteiger partial charge in [0.2, 0.25) is 0 Å². The zero-order valence-electron chi connectivity index (χ0n) is 10.8. The predicted molar refractivity (Wildman–Crippen MR) is 68.1 cm³/mol. The minimum Gasteiger partial charge on any atom is -0.497 e. The van der Waals surface area contributed by atoms with Crippen LogP contribution >= 0.6 is 0 Å². The number of ether oxygens (including phenoxy) is 1. The molecule has 0 aromatic heterocycles. The summed E-state index contributed by atoms with van der Waals surface area (Å²) >= 11 is 0. The van der Waals surface area contributed by atoms with Crippen LogP contribution < -0.4 is 4.74 Å². The highest BCUT2D eigenvalue weighted by Crippen LogP contribution is 2.44. The van der Waals surface area contributed by atoms with Gasteiger partial charge in [0.05, 0.1) is 7.11 Å². The van der Waals surface area contributed by atoms with E-state index in [1.807, 2.05) is 0 Å². The van der Waals surface area contributed by atoms with Crippen LogP contribution in [0.5, 0.6) is 5.75 Å². The van der Waals surface area contributed by atoms with Crippen molar-refractivity contribution in [1.82, 2.24) is 0 Å². The number of hydrogen-bond donors (Lipinski definition) is 0. The van der Waals surface area contributed by atoms with Crippen molar-refractivity contribution in [2.45, 2.75) is 46.0 Å². The topological polar surface area (TPSA) is 9.23 Å². The summed E-state index contributed by atoms with van der Waals surface area (Å²) in [5.74, 6) is 1.67. The Balaban J connectivity index is 2.43. The quantitative estimate of drug-likeness (QED) is 0.687. The molecule has 1 aromatic rings. The molecular weight excluding hydrogens is 196 g/mol. The Kier molecular flexibility index (Phi) is 2.96. The number of benzene rings is 1. The Hall–Kier alpha value is -0.980. The molecule has 0 bridgehead atoms. The molecule has 0 amide bonds. The standard InChI is InChI=1S/C15H22O/c1-15(2,3)14-7-5-6-11-8-9-12(16-4)10-13(11)14/h8-10,14H,5-7H2,1-4H3. The van der Waals surface area contributed by atoms with E-state index in [1.165, 1.54) is 30.4 Å². The van der Waals surface area contributed by atoms with Gasteiger partial charge in [-0.25, -0.2) is 0 Å². The summed E-state index contributed by atoms with van der Waals surface area (Å²) in [4.78, 5) is 0. The second-order valence-electron chi connectivity index (χ2n) is 5.88. The third-order valence-electron chi connectivity index (χ3n) is 3.71. The summed E-state index contributed by atoms with van der Waals surface area (Å²) in [6, 6.07) is 6.57. The smallest absolute Gasteiger partial charge is 0.119 e. The van der Waals surface area contributed by atoms with E-state index in [0.717, 1.165) is 5.75 Å². The van der Waals surface area contributed by atoms with Crippen LogP contribution in [0.4, 0.5) is 0 Å². The van der Waals surface area contributed by atoms with Crippen LogP contribution in [-0.2, 0) is 6.42 Å². The van der Waals surface area contributed by atoms with E-state index in [1.54, 1.807) is 7.11 Å². The van der Waals surface area contributed by atoms with Crippen molar-refractivity contribution in [3.63, 3.8) is 0 Å². The van der Waals surface area contributed by atoms with E-state index in [0.29, 0.717) is 11.3 Å². The molecule has 16 heavy (non-hydrogen) atoms. The molecule has 1 aromatic carbocycles. The van der Waals surface area contributed by atoms with Crippen LogP contribution in [0.1, 0.15) is 50.7 Å². The predicted octanol–water partition coefficient (Wildman–Crippen LogP) is 4.16. The minimum atomic E-state index is 0.349. The zero-order chi connectivity index (χ0) is 11.8. The van der Waals surface area contributed by atoms with Crippen LogP contribution in [0.3, 0.4) is 0 Å². The lowest BCUT2D eigenvalue weighted by molar-refractivity contribution is 0.288. The van der Waals surface area contributed by atoms with Crippen molar-refractivity contribution in [2.24, 2.45) is 5.41 Å². The van der Waals surface area contributed by atoms with Crippen molar-refractivity contribution in [3.8, 4) is 5.75 Å². The van der Waals surface area contributed by atoms with Gasteiger partial charge >= 0.3 is 0 Å². The summed E-state index contributed by atoms with van der Waals surface area (Å²) in [5, 5.41) is 0. The minimum absolute atomic E-state index is 0.349. The Bertz CT molecular complexity index is 374. The van der Waals surface area contributed by atoms with Crippen LogP contribution in [0.25, 0.3) is 0 Å². The molecule has 0 heterocycles. The lowest BCUT2D eigenvalue weighted by atomic mass is 9.69. The van der Waals surface area contributed by atoms with Crippen LogP contribution in [-0.4, -0.2) is 7.11 Å². The second-order valence-corrected chi connectivity index (χ2v) is 5.88. The van der Waals surface area contributed by atoms with Gasteiger partial charge in [0.1, 0.15) is 5.75 Å². The fraction of sp³-hybridized carbons (Fsp3) is 0.600. The lowest BCUT2D eigenvalue weighted by Crippen LogP contribution is -2.23. The largest absolute Gasteiger partial charge is 0.497 e. The summed E-state index contributed by atoms with van der Waals surface area (Å²) in [5.41, 5.74) is 3.38. The van der Waals surface area contributed by atoms with E-state index in [2.05, 4.69) is 39.0 Å². The van der Waals surface area contributed by atoms with Gasteiger partial charge in [-0.3, -0.25) is 0 Å². The second kappa shape index (κ2) is 4.12. The molecule has 2 rings (SSSR count). The maximum Gasteiger partial charge on any atom is 0.119 e. The fourth-order valence-corrected chi connectivity index (χ4v) is 2.80. The maximum atomic E-state index is 5.34. The normalized spacial score (nSPS) is 20.4. The molecule has 0 N–H and O–H groups in total. The molecule has 1 heteroatoms. The van der Waals surface area contributed by atoms with E-state index >= 15 is 0 Å². The first-order valence-electron chi connectivity index (χ1n) is 6.19. The summed E-state index contributed by atoms with van der Waals surface area (Å²) in [7, 11) is 1.75.